The second-order valence-corrected chi connectivity index (χ2v) is 4.80. The van der Waals surface area contributed by atoms with Crippen LogP contribution in [0.5, 0.6) is 0 Å². The maximum Gasteiger partial charge on any atom is 0.416 e. The summed E-state index contributed by atoms with van der Waals surface area (Å²) in [7, 11) is 0. The van der Waals surface area contributed by atoms with Crippen LogP contribution in [0.1, 0.15) is 5.56 Å². The van der Waals surface area contributed by atoms with Crippen molar-refractivity contribution in [2.24, 2.45) is 0 Å². The number of nitrogens with one attached hydrogen (secondary N) is 2. The van der Waals surface area contributed by atoms with Crippen LogP contribution in [-0.4, -0.2) is 38.4 Å². The third-order valence-electron chi connectivity index (χ3n) is 3.24. The van der Waals surface area contributed by atoms with Gasteiger partial charge in [-0.1, -0.05) is 0 Å². The summed E-state index contributed by atoms with van der Waals surface area (Å²) in [6.07, 6.45) is -0.149. The topological polar surface area (TPSA) is 86.7 Å². The van der Waals surface area contributed by atoms with Gasteiger partial charge in [-0.2, -0.15) is 18.3 Å². The minimum Gasteiger partial charge on any atom is -0.395 e. The summed E-state index contributed by atoms with van der Waals surface area (Å²) in [6, 6.07) is 2.07. The number of aliphatic hydroxyl groups excluding tert-OH is 1. The molecule has 2 heterocycles. The zero-order valence-electron chi connectivity index (χ0n) is 11.7. The third-order valence-corrected chi connectivity index (χ3v) is 3.24. The summed E-state index contributed by atoms with van der Waals surface area (Å²) in [5, 5.41) is 18.4. The van der Waals surface area contributed by atoms with E-state index in [1.54, 1.807) is 0 Å². The highest BCUT2D eigenvalue weighted by atomic mass is 19.4. The van der Waals surface area contributed by atoms with Crippen molar-refractivity contribution >= 4 is 16.9 Å². The molecule has 3 rings (SSSR count). The summed E-state index contributed by atoms with van der Waals surface area (Å²) in [5.41, 5.74) is 0.304. The van der Waals surface area contributed by atoms with Gasteiger partial charge in [-0.15, -0.1) is 0 Å². The number of alkyl halides is 3. The molecule has 0 saturated carbocycles. The Kier molecular flexibility index (Phi) is 3.87. The molecule has 0 bridgehead atoms. The molecule has 3 N–H and O–H groups in total. The number of hydrogen-bond acceptors (Lipinski definition) is 5. The number of benzene rings is 1. The van der Waals surface area contributed by atoms with Crippen LogP contribution in [0.4, 0.5) is 19.1 Å². The Morgan fingerprint density at radius 2 is 1.87 bits per heavy atom. The van der Waals surface area contributed by atoms with Gasteiger partial charge in [0.15, 0.2) is 0 Å². The van der Waals surface area contributed by atoms with Gasteiger partial charge in [0.05, 0.1) is 23.9 Å². The van der Waals surface area contributed by atoms with E-state index >= 15 is 0 Å². The number of halogens is 3. The van der Waals surface area contributed by atoms with Crippen molar-refractivity contribution in [3.63, 3.8) is 0 Å². The van der Waals surface area contributed by atoms with Crippen molar-refractivity contribution in [2.75, 3.05) is 18.5 Å². The van der Waals surface area contributed by atoms with E-state index < -0.39 is 11.7 Å². The molecule has 0 aliphatic carbocycles. The lowest BCUT2D eigenvalue weighted by atomic mass is 10.0. The van der Waals surface area contributed by atoms with Crippen LogP contribution in [-0.2, 0) is 6.18 Å². The highest BCUT2D eigenvalue weighted by Gasteiger charge is 2.31. The van der Waals surface area contributed by atoms with E-state index in [-0.39, 0.29) is 18.7 Å². The van der Waals surface area contributed by atoms with E-state index in [4.69, 9.17) is 5.11 Å². The van der Waals surface area contributed by atoms with Gasteiger partial charge < -0.3 is 10.4 Å². The smallest absolute Gasteiger partial charge is 0.395 e. The summed E-state index contributed by atoms with van der Waals surface area (Å²) < 4.78 is 39.1. The summed E-state index contributed by atoms with van der Waals surface area (Å²) in [6.45, 7) is 0.212. The molecule has 3 aromatic rings. The Labute approximate surface area is 128 Å². The molecule has 0 atom stereocenters. The van der Waals surface area contributed by atoms with E-state index in [1.807, 2.05) is 0 Å². The maximum atomic E-state index is 13.0. The number of hydrogen-bond donors (Lipinski definition) is 3. The van der Waals surface area contributed by atoms with E-state index in [0.717, 1.165) is 12.1 Å². The average molecular weight is 323 g/mol. The fourth-order valence-corrected chi connectivity index (χ4v) is 2.18. The number of aliphatic hydroxyl groups is 1. The molecule has 120 valence electrons. The van der Waals surface area contributed by atoms with Gasteiger partial charge in [0.1, 0.15) is 0 Å². The lowest BCUT2D eigenvalue weighted by Crippen LogP contribution is -2.08. The van der Waals surface area contributed by atoms with E-state index in [2.05, 4.69) is 25.5 Å². The molecule has 0 radical (unpaired) electrons. The molecule has 23 heavy (non-hydrogen) atoms. The Bertz CT molecular complexity index is 813. The van der Waals surface area contributed by atoms with Crippen LogP contribution in [0.2, 0.25) is 0 Å². The third kappa shape index (κ3) is 3.09. The molecular formula is C14H12F3N5O. The molecule has 0 unspecified atom stereocenters. The second kappa shape index (κ2) is 5.84. The molecule has 0 aliphatic heterocycles. The van der Waals surface area contributed by atoms with E-state index in [9.17, 15) is 13.2 Å². The monoisotopic (exact) mass is 323 g/mol. The van der Waals surface area contributed by atoms with Gasteiger partial charge >= 0.3 is 6.18 Å². The molecular weight excluding hydrogens is 311 g/mol. The number of aromatic amines is 1. The normalized spacial score (nSPS) is 11.8. The molecule has 2 aromatic heterocycles. The first kappa shape index (κ1) is 15.2. The Morgan fingerprint density at radius 1 is 1.13 bits per heavy atom. The molecule has 9 heteroatoms. The standard InChI is InChI=1S/C14H12F3N5O/c15-14(16,17)9-3-10(11-7-21-22-12(11)4-9)8-5-19-13(20-6-8)18-1-2-23/h3-7,23H,1-2H2,(H,21,22)(H,18,19,20). The second-order valence-electron chi connectivity index (χ2n) is 4.80. The first-order valence-corrected chi connectivity index (χ1v) is 6.70. The van der Waals surface area contributed by atoms with Crippen LogP contribution >= 0.6 is 0 Å². The van der Waals surface area contributed by atoms with Crippen LogP contribution in [0.3, 0.4) is 0 Å². The summed E-state index contributed by atoms with van der Waals surface area (Å²) in [5.74, 6) is 0.290. The molecule has 6 nitrogen and oxygen atoms in total. The predicted molar refractivity (Wildman–Crippen MR) is 77.7 cm³/mol. The average Bonchev–Trinajstić information content (AvgIpc) is 3.00. The fraction of sp³-hybridized carbons (Fsp3) is 0.214. The first-order valence-electron chi connectivity index (χ1n) is 6.70. The van der Waals surface area contributed by atoms with Crippen molar-refractivity contribution in [3.05, 3.63) is 36.3 Å². The van der Waals surface area contributed by atoms with Gasteiger partial charge in [-0.3, -0.25) is 5.10 Å². The van der Waals surface area contributed by atoms with Crippen LogP contribution in [0.15, 0.2) is 30.7 Å². The SMILES string of the molecule is OCCNc1ncc(-c2cc(C(F)(F)F)cc3[nH]ncc23)cn1. The zero-order valence-corrected chi connectivity index (χ0v) is 11.7. The largest absolute Gasteiger partial charge is 0.416 e. The molecule has 0 amide bonds. The van der Waals surface area contributed by atoms with Gasteiger partial charge in [-0.05, 0) is 17.7 Å². The predicted octanol–water partition coefficient (Wildman–Crippen LogP) is 2.44. The Hall–Kier alpha value is -2.68. The van der Waals surface area contributed by atoms with Gasteiger partial charge in [-0.25, -0.2) is 9.97 Å². The minimum absolute atomic E-state index is 0.0750. The lowest BCUT2D eigenvalue weighted by Gasteiger charge is -2.10. The van der Waals surface area contributed by atoms with Crippen molar-refractivity contribution in [1.82, 2.24) is 20.2 Å². The van der Waals surface area contributed by atoms with Crippen molar-refractivity contribution < 1.29 is 18.3 Å². The molecule has 0 aliphatic rings. The summed E-state index contributed by atoms with van der Waals surface area (Å²) >= 11 is 0. The molecule has 1 aromatic carbocycles. The lowest BCUT2D eigenvalue weighted by molar-refractivity contribution is -0.137. The van der Waals surface area contributed by atoms with Crippen molar-refractivity contribution in [2.45, 2.75) is 6.18 Å². The van der Waals surface area contributed by atoms with Gasteiger partial charge in [0.2, 0.25) is 5.95 Å². The van der Waals surface area contributed by atoms with Crippen LogP contribution in [0, 0.1) is 0 Å². The van der Waals surface area contributed by atoms with E-state index in [1.165, 1.54) is 18.6 Å². The van der Waals surface area contributed by atoms with Crippen LogP contribution in [0.25, 0.3) is 22.0 Å². The van der Waals surface area contributed by atoms with Crippen molar-refractivity contribution in [3.8, 4) is 11.1 Å². The number of anilines is 1. The molecule has 0 saturated heterocycles. The number of rotatable bonds is 4. The number of H-pyrrole nitrogens is 1. The van der Waals surface area contributed by atoms with E-state index in [0.29, 0.717) is 22.5 Å². The van der Waals surface area contributed by atoms with Gasteiger partial charge in [0, 0.05) is 29.9 Å². The number of aromatic nitrogens is 4. The number of fused-ring (bicyclic) bond motifs is 1. The van der Waals surface area contributed by atoms with Crippen LogP contribution < -0.4 is 5.32 Å². The van der Waals surface area contributed by atoms with Gasteiger partial charge in [0.25, 0.3) is 0 Å². The maximum absolute atomic E-state index is 13.0. The first-order chi connectivity index (χ1) is 11.0. The minimum atomic E-state index is -4.46. The zero-order chi connectivity index (χ0) is 16.4. The summed E-state index contributed by atoms with van der Waals surface area (Å²) in [4.78, 5) is 8.06. The highest BCUT2D eigenvalue weighted by Crippen LogP contribution is 2.36. The van der Waals surface area contributed by atoms with Crippen molar-refractivity contribution in [1.29, 1.82) is 0 Å². The Balaban J connectivity index is 2.06. The highest BCUT2D eigenvalue weighted by molar-refractivity contribution is 5.94. The number of nitrogens with zero attached hydrogens (tertiary/aromatic N) is 3. The quantitative estimate of drug-likeness (QED) is 0.686. The molecule has 0 spiro atoms. The Morgan fingerprint density at radius 3 is 2.52 bits per heavy atom. The fourth-order valence-electron chi connectivity index (χ4n) is 2.18. The molecule has 0 fully saturated rings.